The Morgan fingerprint density at radius 2 is 0.977 bits per heavy atom. The summed E-state index contributed by atoms with van der Waals surface area (Å²) in [6.45, 7) is 2.27. The molecular weight excluding hydrogens is 542 g/mol. The van der Waals surface area contributed by atoms with Crippen LogP contribution in [0.2, 0.25) is 0 Å². The summed E-state index contributed by atoms with van der Waals surface area (Å²) in [5, 5.41) is 24.4. The van der Waals surface area contributed by atoms with Crippen molar-refractivity contribution in [3.05, 3.63) is 107 Å². The van der Waals surface area contributed by atoms with Gasteiger partial charge in [0.25, 0.3) is 0 Å². The Morgan fingerprint density at radius 3 is 1.41 bits per heavy atom. The number of aromatic hydroxyl groups is 2. The van der Waals surface area contributed by atoms with Gasteiger partial charge >= 0.3 is 0 Å². The van der Waals surface area contributed by atoms with Gasteiger partial charge in [-0.3, -0.25) is 4.79 Å². The van der Waals surface area contributed by atoms with E-state index in [1.807, 2.05) is 77.7 Å². The van der Waals surface area contributed by atoms with Crippen LogP contribution < -0.4 is 0 Å². The number of hydrogen-bond donors (Lipinski definition) is 2. The van der Waals surface area contributed by atoms with Crippen LogP contribution in [0.3, 0.4) is 0 Å². The molecule has 4 nitrogen and oxygen atoms in total. The number of carbonyl (C=O) groups is 1. The number of phenolic OH excluding ortho intramolecular Hbond substituents is 2. The summed E-state index contributed by atoms with van der Waals surface area (Å²) in [5.74, 6) is 0.327. The van der Waals surface area contributed by atoms with E-state index in [1.165, 1.54) is 64.2 Å². The maximum absolute atomic E-state index is 14.4. The third-order valence-electron chi connectivity index (χ3n) is 9.34. The highest BCUT2D eigenvalue weighted by molar-refractivity contribution is 5.96. The predicted octanol–water partition coefficient (Wildman–Crippen LogP) is 10.8. The van der Waals surface area contributed by atoms with E-state index in [0.29, 0.717) is 17.5 Å². The van der Waals surface area contributed by atoms with Crippen molar-refractivity contribution in [2.75, 3.05) is 0 Å². The molecule has 2 unspecified atom stereocenters. The second-order valence-electron chi connectivity index (χ2n) is 12.5. The summed E-state index contributed by atoms with van der Waals surface area (Å²) in [6.07, 6.45) is 16.8. The quantitative estimate of drug-likeness (QED) is 0.127. The van der Waals surface area contributed by atoms with Gasteiger partial charge in [0.2, 0.25) is 5.91 Å². The molecule has 2 atom stereocenters. The van der Waals surface area contributed by atoms with E-state index in [-0.39, 0.29) is 17.4 Å². The molecule has 2 N–H and O–H groups in total. The lowest BCUT2D eigenvalue weighted by atomic mass is 9.79. The highest BCUT2D eigenvalue weighted by Crippen LogP contribution is 2.53. The topological polar surface area (TPSA) is 60.8 Å². The molecule has 1 aliphatic heterocycles. The number of nitrogens with zero attached hydrogens (tertiary/aromatic N) is 1. The minimum Gasteiger partial charge on any atom is -0.508 e. The van der Waals surface area contributed by atoms with E-state index < -0.39 is 12.1 Å². The fraction of sp³-hybridized carbons (Fsp3) is 0.425. The molecular formula is C40H49NO3. The van der Waals surface area contributed by atoms with E-state index in [0.717, 1.165) is 41.2 Å². The number of carbonyl (C=O) groups excluding carboxylic acids is 1. The van der Waals surface area contributed by atoms with Crippen LogP contribution in [0, 0.1) is 0 Å². The Balaban J connectivity index is 1.33. The molecule has 4 aromatic rings. The van der Waals surface area contributed by atoms with Crippen molar-refractivity contribution in [2.24, 2.45) is 0 Å². The van der Waals surface area contributed by atoms with Crippen LogP contribution in [0.5, 0.6) is 11.5 Å². The Labute approximate surface area is 263 Å². The van der Waals surface area contributed by atoms with Crippen molar-refractivity contribution in [3.8, 4) is 11.5 Å². The van der Waals surface area contributed by atoms with Gasteiger partial charge in [0, 0.05) is 22.9 Å². The summed E-state index contributed by atoms with van der Waals surface area (Å²) in [5.41, 5.74) is 3.27. The lowest BCUT2D eigenvalue weighted by molar-refractivity contribution is -0.135. The second kappa shape index (κ2) is 15.8. The Morgan fingerprint density at radius 1 is 0.568 bits per heavy atom. The van der Waals surface area contributed by atoms with Crippen LogP contribution in [0.25, 0.3) is 10.8 Å². The average molecular weight is 592 g/mol. The molecule has 4 heteroatoms. The molecule has 0 aromatic heterocycles. The lowest BCUT2D eigenvalue weighted by Gasteiger charge is -2.44. The van der Waals surface area contributed by atoms with Crippen LogP contribution in [0.15, 0.2) is 84.9 Å². The molecule has 0 fully saturated rings. The van der Waals surface area contributed by atoms with Crippen LogP contribution in [0.4, 0.5) is 0 Å². The van der Waals surface area contributed by atoms with Crippen molar-refractivity contribution in [2.45, 2.75) is 109 Å². The van der Waals surface area contributed by atoms with Gasteiger partial charge in [0.15, 0.2) is 0 Å². The molecule has 1 amide bonds. The van der Waals surface area contributed by atoms with E-state index in [9.17, 15) is 15.0 Å². The van der Waals surface area contributed by atoms with Crippen molar-refractivity contribution < 1.29 is 15.0 Å². The number of unbranched alkanes of at least 4 members (excludes halogenated alkanes) is 12. The molecule has 0 saturated heterocycles. The zero-order valence-electron chi connectivity index (χ0n) is 26.4. The Hall–Kier alpha value is -3.79. The second-order valence-corrected chi connectivity index (χ2v) is 12.5. The number of phenols is 2. The van der Waals surface area contributed by atoms with Gasteiger partial charge in [-0.05, 0) is 35.1 Å². The molecule has 1 heterocycles. The fourth-order valence-electron chi connectivity index (χ4n) is 7.07. The Bertz CT molecular complexity index is 1400. The van der Waals surface area contributed by atoms with Gasteiger partial charge in [-0.1, -0.05) is 157 Å². The predicted molar refractivity (Wildman–Crippen MR) is 181 cm³/mol. The maximum Gasteiger partial charge on any atom is 0.224 e. The van der Waals surface area contributed by atoms with Crippen LogP contribution >= 0.6 is 0 Å². The van der Waals surface area contributed by atoms with Gasteiger partial charge in [0.1, 0.15) is 11.5 Å². The van der Waals surface area contributed by atoms with E-state index in [1.54, 1.807) is 12.1 Å². The van der Waals surface area contributed by atoms with Gasteiger partial charge in [-0.15, -0.1) is 0 Å². The summed E-state index contributed by atoms with van der Waals surface area (Å²) < 4.78 is 0. The Kier molecular flexibility index (Phi) is 11.4. The summed E-state index contributed by atoms with van der Waals surface area (Å²) in [7, 11) is 0. The average Bonchev–Trinajstić information content (AvgIpc) is 3.06. The molecule has 1 aliphatic rings. The first-order valence-electron chi connectivity index (χ1n) is 17.0. The third kappa shape index (κ3) is 7.29. The molecule has 44 heavy (non-hydrogen) atoms. The maximum atomic E-state index is 14.4. The zero-order valence-corrected chi connectivity index (χ0v) is 26.4. The third-order valence-corrected chi connectivity index (χ3v) is 9.34. The van der Waals surface area contributed by atoms with E-state index in [2.05, 4.69) is 6.92 Å². The van der Waals surface area contributed by atoms with Gasteiger partial charge < -0.3 is 15.1 Å². The zero-order chi connectivity index (χ0) is 30.7. The summed E-state index contributed by atoms with van der Waals surface area (Å²) >= 11 is 0. The monoisotopic (exact) mass is 591 g/mol. The SMILES string of the molecule is CCCCCCCCCCCCCCCC(=O)N1C(c2ccccc2)c2c(O)ccc3ccc(O)c(c23)C1c1ccccc1. The van der Waals surface area contributed by atoms with Crippen LogP contribution in [-0.2, 0) is 4.79 Å². The number of rotatable bonds is 16. The van der Waals surface area contributed by atoms with Crippen LogP contribution in [-0.4, -0.2) is 21.0 Å². The molecule has 5 rings (SSSR count). The molecule has 0 bridgehead atoms. The minimum absolute atomic E-state index is 0.0427. The standard InChI is InChI=1S/C40H49NO3/c1-2-3-4-5-6-7-8-9-10-11-12-13-20-25-35(44)41-39(31-21-16-14-17-22-31)37-33(42)28-26-30-27-29-34(43)38(36(30)37)40(41)32-23-18-15-19-24-32/h14-19,21-24,26-29,39-40,42-43H,2-13,20,25H2,1H3. The van der Waals surface area contributed by atoms with Crippen molar-refractivity contribution in [3.63, 3.8) is 0 Å². The van der Waals surface area contributed by atoms with Crippen LogP contribution in [0.1, 0.15) is 131 Å². The van der Waals surface area contributed by atoms with Crippen molar-refractivity contribution in [1.29, 1.82) is 0 Å². The first kappa shape index (κ1) is 31.6. The fourth-order valence-corrected chi connectivity index (χ4v) is 7.07. The van der Waals surface area contributed by atoms with Crippen molar-refractivity contribution in [1.82, 2.24) is 4.90 Å². The van der Waals surface area contributed by atoms with Gasteiger partial charge in [-0.25, -0.2) is 0 Å². The van der Waals surface area contributed by atoms with Crippen molar-refractivity contribution >= 4 is 16.7 Å². The molecule has 0 spiro atoms. The smallest absolute Gasteiger partial charge is 0.224 e. The highest BCUT2D eigenvalue weighted by Gasteiger charge is 2.42. The summed E-state index contributed by atoms with van der Waals surface area (Å²) in [4.78, 5) is 16.3. The van der Waals surface area contributed by atoms with Gasteiger partial charge in [0.05, 0.1) is 12.1 Å². The normalized spacial score (nSPS) is 16.0. The minimum atomic E-state index is -0.478. The largest absolute Gasteiger partial charge is 0.508 e. The molecule has 0 radical (unpaired) electrons. The molecule has 232 valence electrons. The number of hydrogen-bond acceptors (Lipinski definition) is 3. The highest BCUT2D eigenvalue weighted by atomic mass is 16.3. The molecule has 0 aliphatic carbocycles. The first-order chi connectivity index (χ1) is 21.6. The molecule has 4 aromatic carbocycles. The van der Waals surface area contributed by atoms with Gasteiger partial charge in [-0.2, -0.15) is 0 Å². The number of amides is 1. The first-order valence-corrected chi connectivity index (χ1v) is 17.0. The number of benzene rings is 4. The van der Waals surface area contributed by atoms with E-state index in [4.69, 9.17) is 0 Å². The molecule has 0 saturated carbocycles. The van der Waals surface area contributed by atoms with E-state index >= 15 is 0 Å². The summed E-state index contributed by atoms with van der Waals surface area (Å²) in [6, 6.07) is 26.3. The lowest BCUT2D eigenvalue weighted by Crippen LogP contribution is -2.41.